The molecule has 1 radical (unpaired) electrons. The lowest BCUT2D eigenvalue weighted by atomic mass is 10.1. The fourth-order valence-electron chi connectivity index (χ4n) is 2.13. The molecule has 0 nitrogen and oxygen atoms in total. The predicted octanol–water partition coefficient (Wildman–Crippen LogP) is 7.12. The van der Waals surface area contributed by atoms with Crippen LogP contribution in [0.2, 0.25) is 0 Å². The molecular weight excluding hydrogens is 252 g/mol. The number of allylic oxidation sites excluding steroid dienone is 9. The fraction of sp³-hybridized carbons (Fsp3) is 0.524. The van der Waals surface area contributed by atoms with Crippen LogP contribution in [0.5, 0.6) is 0 Å². The zero-order chi connectivity index (χ0) is 15.4. The van der Waals surface area contributed by atoms with Crippen LogP contribution in [0.15, 0.2) is 54.7 Å². The molecule has 21 heavy (non-hydrogen) atoms. The lowest BCUT2D eigenvalue weighted by molar-refractivity contribution is 0.566. The standard InChI is InChI=1S/C21H33/c1-3-5-7-9-11-13-15-17-19-21-20-18-16-14-12-10-8-6-4-2/h1,3,5,7,9,11,13,15,17,19H,4,6,8,10,12,14,16,18,20-21H2,2H3. The summed E-state index contributed by atoms with van der Waals surface area (Å²) in [5.74, 6) is 0. The van der Waals surface area contributed by atoms with Crippen molar-refractivity contribution in [2.75, 3.05) is 0 Å². The highest BCUT2D eigenvalue weighted by Crippen LogP contribution is 2.10. The summed E-state index contributed by atoms with van der Waals surface area (Å²) in [5.41, 5.74) is 0. The molecule has 0 rings (SSSR count). The third kappa shape index (κ3) is 18.7. The van der Waals surface area contributed by atoms with Crippen molar-refractivity contribution < 1.29 is 0 Å². The van der Waals surface area contributed by atoms with Crippen LogP contribution in [0.25, 0.3) is 0 Å². The molecule has 0 aromatic carbocycles. The Bertz CT molecular complexity index is 315. The minimum atomic E-state index is 1.20. The molecule has 0 bridgehead atoms. The summed E-state index contributed by atoms with van der Waals surface area (Å²) < 4.78 is 0. The zero-order valence-electron chi connectivity index (χ0n) is 13.8. The fourth-order valence-corrected chi connectivity index (χ4v) is 2.13. The summed E-state index contributed by atoms with van der Waals surface area (Å²) in [5, 5.41) is 0. The van der Waals surface area contributed by atoms with Crippen LogP contribution in [-0.4, -0.2) is 0 Å². The molecule has 0 aromatic rings. The van der Waals surface area contributed by atoms with Crippen molar-refractivity contribution in [3.05, 3.63) is 61.3 Å². The van der Waals surface area contributed by atoms with E-state index in [0.29, 0.717) is 0 Å². The van der Waals surface area contributed by atoms with Crippen molar-refractivity contribution in [3.63, 3.8) is 0 Å². The molecule has 0 aliphatic rings. The smallest absolute Gasteiger partial charge is 0.0348 e. The Kier molecular flexibility index (Phi) is 17.5. The Morgan fingerprint density at radius 2 is 1.05 bits per heavy atom. The molecule has 0 N–H and O–H groups in total. The topological polar surface area (TPSA) is 0 Å². The van der Waals surface area contributed by atoms with Crippen molar-refractivity contribution in [1.29, 1.82) is 0 Å². The van der Waals surface area contributed by atoms with Gasteiger partial charge in [0, 0.05) is 0 Å². The first-order valence-corrected chi connectivity index (χ1v) is 8.62. The Labute approximate surface area is 133 Å². The molecule has 0 aliphatic heterocycles. The van der Waals surface area contributed by atoms with Gasteiger partial charge >= 0.3 is 0 Å². The van der Waals surface area contributed by atoms with Gasteiger partial charge in [0.2, 0.25) is 0 Å². The molecule has 0 heterocycles. The molecule has 0 atom stereocenters. The largest absolute Gasteiger partial charge is 0.0845 e. The first kappa shape index (κ1) is 19.7. The number of rotatable bonds is 14. The lowest BCUT2D eigenvalue weighted by Gasteiger charge is -2.00. The van der Waals surface area contributed by atoms with Gasteiger partial charge in [0.05, 0.1) is 0 Å². The Morgan fingerprint density at radius 3 is 1.62 bits per heavy atom. The van der Waals surface area contributed by atoms with Crippen LogP contribution in [0.3, 0.4) is 0 Å². The van der Waals surface area contributed by atoms with Crippen LogP contribution in [0.4, 0.5) is 0 Å². The van der Waals surface area contributed by atoms with Crippen LogP contribution in [0, 0.1) is 6.58 Å². The molecule has 0 aliphatic carbocycles. The molecule has 0 heteroatoms. The SMILES string of the molecule is [CH]=CC=CC=CC=CC=CCCCCCCCCCCC. The molecule has 0 saturated carbocycles. The zero-order valence-corrected chi connectivity index (χ0v) is 13.8. The number of hydrogen-bond acceptors (Lipinski definition) is 0. The van der Waals surface area contributed by atoms with Gasteiger partial charge in [-0.3, -0.25) is 0 Å². The third-order valence-electron chi connectivity index (χ3n) is 3.39. The molecule has 0 unspecified atom stereocenters. The maximum Gasteiger partial charge on any atom is -0.0348 e. The Morgan fingerprint density at radius 1 is 0.571 bits per heavy atom. The van der Waals surface area contributed by atoms with Gasteiger partial charge in [0.15, 0.2) is 0 Å². The first-order valence-electron chi connectivity index (χ1n) is 8.62. The van der Waals surface area contributed by atoms with Gasteiger partial charge in [-0.2, -0.15) is 0 Å². The summed E-state index contributed by atoms with van der Waals surface area (Å²) in [6, 6.07) is 0. The summed E-state index contributed by atoms with van der Waals surface area (Å²) in [7, 11) is 0. The van der Waals surface area contributed by atoms with E-state index in [1.54, 1.807) is 0 Å². The summed E-state index contributed by atoms with van der Waals surface area (Å²) in [6.07, 6.45) is 31.5. The average Bonchev–Trinajstić information content (AvgIpc) is 2.50. The van der Waals surface area contributed by atoms with E-state index in [9.17, 15) is 0 Å². The Balaban J connectivity index is 3.28. The van der Waals surface area contributed by atoms with E-state index in [-0.39, 0.29) is 0 Å². The molecule has 0 saturated heterocycles. The highest BCUT2D eigenvalue weighted by atomic mass is 14.0. The quantitative estimate of drug-likeness (QED) is 0.235. The van der Waals surface area contributed by atoms with Gasteiger partial charge in [-0.25, -0.2) is 0 Å². The van der Waals surface area contributed by atoms with E-state index in [1.165, 1.54) is 70.3 Å². The molecule has 0 fully saturated rings. The molecule has 0 aromatic heterocycles. The second-order valence-electron chi connectivity index (χ2n) is 5.39. The number of unbranched alkanes of at least 4 members (excludes halogenated alkanes) is 9. The van der Waals surface area contributed by atoms with E-state index < -0.39 is 0 Å². The monoisotopic (exact) mass is 285 g/mol. The van der Waals surface area contributed by atoms with Gasteiger partial charge in [-0.05, 0) is 12.8 Å². The maximum absolute atomic E-state index is 5.22. The molecule has 0 amide bonds. The van der Waals surface area contributed by atoms with Crippen LogP contribution in [0.1, 0.15) is 71.1 Å². The van der Waals surface area contributed by atoms with E-state index in [0.717, 1.165) is 0 Å². The second-order valence-corrected chi connectivity index (χ2v) is 5.39. The normalized spacial score (nSPS) is 12.4. The predicted molar refractivity (Wildman–Crippen MR) is 97.3 cm³/mol. The number of hydrogen-bond donors (Lipinski definition) is 0. The minimum Gasteiger partial charge on any atom is -0.0845 e. The van der Waals surface area contributed by atoms with Gasteiger partial charge in [-0.1, -0.05) is 120 Å². The van der Waals surface area contributed by atoms with E-state index >= 15 is 0 Å². The van der Waals surface area contributed by atoms with Crippen LogP contribution >= 0.6 is 0 Å². The summed E-state index contributed by atoms with van der Waals surface area (Å²) in [4.78, 5) is 0. The van der Waals surface area contributed by atoms with E-state index in [1.807, 2.05) is 30.4 Å². The highest BCUT2D eigenvalue weighted by molar-refractivity contribution is 5.16. The highest BCUT2D eigenvalue weighted by Gasteiger charge is 1.90. The van der Waals surface area contributed by atoms with Gasteiger partial charge in [-0.15, -0.1) is 0 Å². The maximum atomic E-state index is 5.22. The van der Waals surface area contributed by atoms with Crippen molar-refractivity contribution in [1.82, 2.24) is 0 Å². The van der Waals surface area contributed by atoms with Crippen molar-refractivity contribution in [2.24, 2.45) is 0 Å². The van der Waals surface area contributed by atoms with Gasteiger partial charge < -0.3 is 0 Å². The molecule has 0 spiro atoms. The minimum absolute atomic E-state index is 1.20. The summed E-state index contributed by atoms with van der Waals surface area (Å²) in [6.45, 7) is 7.49. The van der Waals surface area contributed by atoms with E-state index in [2.05, 4.69) is 25.2 Å². The third-order valence-corrected chi connectivity index (χ3v) is 3.39. The first-order chi connectivity index (χ1) is 10.4. The Hall–Kier alpha value is -1.30. The molecular formula is C21H33. The van der Waals surface area contributed by atoms with Crippen molar-refractivity contribution >= 4 is 0 Å². The molecule has 117 valence electrons. The van der Waals surface area contributed by atoms with E-state index in [4.69, 9.17) is 6.58 Å². The van der Waals surface area contributed by atoms with Gasteiger partial charge in [0.25, 0.3) is 0 Å². The van der Waals surface area contributed by atoms with Gasteiger partial charge in [0.1, 0.15) is 0 Å². The average molecular weight is 285 g/mol. The van der Waals surface area contributed by atoms with Crippen molar-refractivity contribution in [3.8, 4) is 0 Å². The second kappa shape index (κ2) is 18.7. The van der Waals surface area contributed by atoms with Crippen LogP contribution < -0.4 is 0 Å². The lowest BCUT2D eigenvalue weighted by Crippen LogP contribution is -1.80. The summed E-state index contributed by atoms with van der Waals surface area (Å²) >= 11 is 0. The van der Waals surface area contributed by atoms with Crippen LogP contribution in [-0.2, 0) is 0 Å². The van der Waals surface area contributed by atoms with Crippen molar-refractivity contribution in [2.45, 2.75) is 71.1 Å².